The lowest BCUT2D eigenvalue weighted by atomic mass is 10.1. The number of benzene rings is 1. The number of pyridine rings is 1. The topological polar surface area (TPSA) is 74.9 Å². The molecule has 0 bridgehead atoms. The van der Waals surface area contributed by atoms with Gasteiger partial charge in [0.05, 0.1) is 29.3 Å². The Labute approximate surface area is 178 Å². The monoisotopic (exact) mass is 433 g/mol. The van der Waals surface area contributed by atoms with Gasteiger partial charge >= 0.3 is 5.97 Å². The Hall–Kier alpha value is -2.57. The molecular weight excluding hydrogens is 413 g/mol. The molecule has 1 amide bonds. The second-order valence-corrected chi connectivity index (χ2v) is 7.56. The number of hydrogen-bond donors (Lipinski definition) is 1. The minimum atomic E-state index is -0.928. The van der Waals surface area contributed by atoms with Gasteiger partial charge in [0.25, 0.3) is 0 Å². The standard InChI is InChI=1S/C21H21Cl2N3O3/c1-2-10-25(11-9-20(28)29)19(27)12-17-21(14-3-5-15(22)6-4-14)24-18-8-7-16(23)13-26(17)18/h3-8,13H,2,9-12H2,1H3,(H,28,29). The van der Waals surface area contributed by atoms with Crippen LogP contribution >= 0.6 is 23.2 Å². The third-order valence-electron chi connectivity index (χ3n) is 4.56. The van der Waals surface area contributed by atoms with Gasteiger partial charge in [-0.1, -0.05) is 42.3 Å². The molecule has 6 nitrogen and oxygen atoms in total. The van der Waals surface area contributed by atoms with Crippen LogP contribution in [0.5, 0.6) is 0 Å². The molecule has 0 atom stereocenters. The van der Waals surface area contributed by atoms with Gasteiger partial charge in [0.1, 0.15) is 5.65 Å². The van der Waals surface area contributed by atoms with Gasteiger partial charge in [-0.25, -0.2) is 4.98 Å². The first-order valence-electron chi connectivity index (χ1n) is 9.31. The summed E-state index contributed by atoms with van der Waals surface area (Å²) in [4.78, 5) is 30.2. The van der Waals surface area contributed by atoms with Crippen molar-refractivity contribution in [3.05, 3.63) is 58.3 Å². The third-order valence-corrected chi connectivity index (χ3v) is 5.04. The number of rotatable bonds is 8. The molecule has 0 aliphatic heterocycles. The highest BCUT2D eigenvalue weighted by molar-refractivity contribution is 6.30. The van der Waals surface area contributed by atoms with Crippen molar-refractivity contribution in [3.8, 4) is 11.3 Å². The second kappa shape index (κ2) is 9.29. The first kappa shape index (κ1) is 21.1. The lowest BCUT2D eigenvalue weighted by Gasteiger charge is -2.21. The van der Waals surface area contributed by atoms with Crippen LogP contribution in [0.2, 0.25) is 10.0 Å². The number of carboxylic acid groups (broad SMARTS) is 1. The van der Waals surface area contributed by atoms with E-state index in [2.05, 4.69) is 4.98 Å². The maximum atomic E-state index is 13.0. The molecule has 3 rings (SSSR count). The molecule has 0 radical (unpaired) electrons. The predicted molar refractivity (Wildman–Crippen MR) is 113 cm³/mol. The molecule has 0 spiro atoms. The van der Waals surface area contributed by atoms with Gasteiger partial charge in [-0.15, -0.1) is 0 Å². The molecule has 0 fully saturated rings. The largest absolute Gasteiger partial charge is 0.481 e. The van der Waals surface area contributed by atoms with Crippen molar-refractivity contribution in [2.45, 2.75) is 26.2 Å². The summed E-state index contributed by atoms with van der Waals surface area (Å²) in [7, 11) is 0. The average Bonchev–Trinajstić information content (AvgIpc) is 3.03. The third kappa shape index (κ3) is 5.08. The quantitative estimate of drug-likeness (QED) is 0.564. The van der Waals surface area contributed by atoms with E-state index in [1.54, 1.807) is 35.4 Å². The van der Waals surface area contributed by atoms with Gasteiger partial charge in [0.2, 0.25) is 5.91 Å². The Morgan fingerprint density at radius 1 is 1.07 bits per heavy atom. The number of carbonyl (C=O) groups excluding carboxylic acids is 1. The number of carboxylic acids is 1. The number of fused-ring (bicyclic) bond motifs is 1. The van der Waals surface area contributed by atoms with Crippen molar-refractivity contribution in [3.63, 3.8) is 0 Å². The fourth-order valence-electron chi connectivity index (χ4n) is 3.19. The van der Waals surface area contributed by atoms with Gasteiger partial charge in [-0.05, 0) is 30.7 Å². The molecule has 152 valence electrons. The van der Waals surface area contributed by atoms with Crippen LogP contribution in [-0.4, -0.2) is 44.4 Å². The zero-order valence-corrected chi connectivity index (χ0v) is 17.5. The maximum Gasteiger partial charge on any atom is 0.305 e. The van der Waals surface area contributed by atoms with Gasteiger partial charge in [-0.2, -0.15) is 0 Å². The van der Waals surface area contributed by atoms with E-state index in [0.29, 0.717) is 33.6 Å². The Morgan fingerprint density at radius 3 is 2.41 bits per heavy atom. The van der Waals surface area contributed by atoms with Crippen LogP contribution in [-0.2, 0) is 16.0 Å². The number of aromatic nitrogens is 2. The molecule has 1 N–H and O–H groups in total. The van der Waals surface area contributed by atoms with Crippen molar-refractivity contribution in [1.29, 1.82) is 0 Å². The molecule has 2 heterocycles. The van der Waals surface area contributed by atoms with E-state index >= 15 is 0 Å². The number of nitrogens with zero attached hydrogens (tertiary/aromatic N) is 3. The van der Waals surface area contributed by atoms with Gasteiger partial charge < -0.3 is 14.4 Å². The van der Waals surface area contributed by atoms with Crippen LogP contribution in [0.3, 0.4) is 0 Å². The molecule has 3 aromatic rings. The summed E-state index contributed by atoms with van der Waals surface area (Å²) >= 11 is 12.2. The number of imidazole rings is 1. The van der Waals surface area contributed by atoms with Gasteiger partial charge in [-0.3, -0.25) is 9.59 Å². The molecule has 2 aromatic heterocycles. The fraction of sp³-hybridized carbons (Fsp3) is 0.286. The van der Waals surface area contributed by atoms with E-state index in [1.165, 1.54) is 0 Å². The van der Waals surface area contributed by atoms with Crippen molar-refractivity contribution in [1.82, 2.24) is 14.3 Å². The highest BCUT2D eigenvalue weighted by Crippen LogP contribution is 2.27. The highest BCUT2D eigenvalue weighted by Gasteiger charge is 2.21. The van der Waals surface area contributed by atoms with E-state index in [1.807, 2.05) is 23.5 Å². The summed E-state index contributed by atoms with van der Waals surface area (Å²) in [5, 5.41) is 10.1. The summed E-state index contributed by atoms with van der Waals surface area (Å²) in [6.45, 7) is 2.63. The van der Waals surface area contributed by atoms with Crippen LogP contribution in [0.4, 0.5) is 0 Å². The van der Waals surface area contributed by atoms with E-state index in [9.17, 15) is 9.59 Å². The van der Waals surface area contributed by atoms with Crippen LogP contribution in [0, 0.1) is 0 Å². The second-order valence-electron chi connectivity index (χ2n) is 6.69. The number of aliphatic carboxylic acids is 1. The number of amides is 1. The predicted octanol–water partition coefficient (Wildman–Crippen LogP) is 4.56. The zero-order valence-electron chi connectivity index (χ0n) is 15.9. The van der Waals surface area contributed by atoms with Crippen molar-refractivity contribution in [2.75, 3.05) is 13.1 Å². The average molecular weight is 434 g/mol. The van der Waals surface area contributed by atoms with Crippen LogP contribution in [0.15, 0.2) is 42.6 Å². The molecule has 0 saturated heterocycles. The molecule has 0 aliphatic rings. The zero-order chi connectivity index (χ0) is 21.0. The van der Waals surface area contributed by atoms with E-state index < -0.39 is 5.97 Å². The summed E-state index contributed by atoms with van der Waals surface area (Å²) in [5.74, 6) is -1.08. The van der Waals surface area contributed by atoms with Crippen LogP contribution in [0.25, 0.3) is 16.9 Å². The lowest BCUT2D eigenvalue weighted by molar-refractivity contribution is -0.138. The van der Waals surface area contributed by atoms with Crippen molar-refractivity contribution >= 4 is 40.7 Å². The molecule has 0 saturated carbocycles. The molecule has 1 aromatic carbocycles. The minimum Gasteiger partial charge on any atom is -0.481 e. The first-order valence-corrected chi connectivity index (χ1v) is 10.1. The number of carbonyl (C=O) groups is 2. The van der Waals surface area contributed by atoms with Crippen molar-refractivity contribution < 1.29 is 14.7 Å². The van der Waals surface area contributed by atoms with Crippen LogP contribution in [0.1, 0.15) is 25.5 Å². The highest BCUT2D eigenvalue weighted by atomic mass is 35.5. The van der Waals surface area contributed by atoms with E-state index in [0.717, 1.165) is 12.0 Å². The minimum absolute atomic E-state index is 0.0824. The maximum absolute atomic E-state index is 13.0. The smallest absolute Gasteiger partial charge is 0.305 e. The normalized spacial score (nSPS) is 11.0. The number of halogens is 2. The van der Waals surface area contributed by atoms with E-state index in [-0.39, 0.29) is 25.3 Å². The Balaban J connectivity index is 2.00. The molecular formula is C21H21Cl2N3O3. The summed E-state index contributed by atoms with van der Waals surface area (Å²) in [6.07, 6.45) is 2.47. The van der Waals surface area contributed by atoms with Crippen LogP contribution < -0.4 is 0 Å². The number of hydrogen-bond acceptors (Lipinski definition) is 3. The summed E-state index contributed by atoms with van der Waals surface area (Å²) in [5.41, 5.74) is 2.89. The summed E-state index contributed by atoms with van der Waals surface area (Å²) < 4.78 is 1.81. The molecule has 29 heavy (non-hydrogen) atoms. The van der Waals surface area contributed by atoms with Gasteiger partial charge in [0.15, 0.2) is 0 Å². The SMILES string of the molecule is CCCN(CCC(=O)O)C(=O)Cc1c(-c2ccc(Cl)cc2)nc2ccc(Cl)cn12. The first-order chi connectivity index (χ1) is 13.9. The Morgan fingerprint density at radius 2 is 1.76 bits per heavy atom. The molecule has 0 unspecified atom stereocenters. The fourth-order valence-corrected chi connectivity index (χ4v) is 3.48. The Kier molecular flexibility index (Phi) is 6.77. The van der Waals surface area contributed by atoms with Crippen molar-refractivity contribution in [2.24, 2.45) is 0 Å². The van der Waals surface area contributed by atoms with Gasteiger partial charge in [0, 0.05) is 29.9 Å². The molecule has 0 aliphatic carbocycles. The van der Waals surface area contributed by atoms with E-state index in [4.69, 9.17) is 28.3 Å². The summed E-state index contributed by atoms with van der Waals surface area (Å²) in [6, 6.07) is 10.8. The lowest BCUT2D eigenvalue weighted by Crippen LogP contribution is -2.35. The Bertz CT molecular complexity index is 1030. The molecule has 8 heteroatoms.